The third kappa shape index (κ3) is 5.28. The molecule has 8 nitrogen and oxygen atoms in total. The molecule has 2 aromatic rings. The van der Waals surface area contributed by atoms with Crippen molar-refractivity contribution in [1.82, 2.24) is 0 Å². The summed E-state index contributed by atoms with van der Waals surface area (Å²) in [6.45, 7) is 0.250. The van der Waals surface area contributed by atoms with Crippen molar-refractivity contribution < 1.29 is 18.1 Å². The number of carbonyl (C=O) groups is 1. The standard InChI is InChI=1S/C16H17N3O5S/c1-25(23,24)15-11-13(7-8-14(15)19(21)22)17-10-9-16(20)18-12-5-3-2-4-6-12/h2-8,11,17H,9-10H2,1H3,(H,18,20). The molecule has 0 aliphatic carbocycles. The first-order valence-electron chi connectivity index (χ1n) is 7.34. The van der Waals surface area contributed by atoms with Crippen LogP contribution in [-0.4, -0.2) is 32.0 Å². The lowest BCUT2D eigenvalue weighted by molar-refractivity contribution is -0.387. The molecule has 9 heteroatoms. The third-order valence-corrected chi connectivity index (χ3v) is 4.42. The first-order valence-corrected chi connectivity index (χ1v) is 9.24. The second-order valence-corrected chi connectivity index (χ2v) is 7.29. The minimum absolute atomic E-state index is 0.153. The highest BCUT2D eigenvalue weighted by atomic mass is 32.2. The molecule has 0 aromatic heterocycles. The predicted octanol–water partition coefficient (Wildman–Crippen LogP) is 2.44. The van der Waals surface area contributed by atoms with E-state index in [1.165, 1.54) is 12.1 Å². The van der Waals surface area contributed by atoms with E-state index in [2.05, 4.69) is 10.6 Å². The minimum atomic E-state index is -3.74. The smallest absolute Gasteiger partial charge is 0.288 e. The zero-order chi connectivity index (χ0) is 18.4. The third-order valence-electron chi connectivity index (χ3n) is 3.29. The van der Waals surface area contributed by atoms with Crippen LogP contribution >= 0.6 is 0 Å². The fourth-order valence-corrected chi connectivity index (χ4v) is 3.00. The number of nitrogens with zero attached hydrogens (tertiary/aromatic N) is 1. The van der Waals surface area contributed by atoms with Crippen molar-refractivity contribution >= 4 is 32.8 Å². The average molecular weight is 363 g/mol. The van der Waals surface area contributed by atoms with Crippen LogP contribution in [-0.2, 0) is 14.6 Å². The van der Waals surface area contributed by atoms with Crippen molar-refractivity contribution in [3.05, 3.63) is 58.6 Å². The Morgan fingerprint density at radius 2 is 1.80 bits per heavy atom. The first-order chi connectivity index (χ1) is 11.8. The summed E-state index contributed by atoms with van der Waals surface area (Å²) >= 11 is 0. The maximum absolute atomic E-state index is 11.8. The Balaban J connectivity index is 1.99. The van der Waals surface area contributed by atoms with Gasteiger partial charge in [-0.1, -0.05) is 18.2 Å². The molecule has 25 heavy (non-hydrogen) atoms. The Morgan fingerprint density at radius 3 is 2.40 bits per heavy atom. The summed E-state index contributed by atoms with van der Waals surface area (Å²) in [6.07, 6.45) is 1.06. The number of sulfone groups is 1. The number of carbonyl (C=O) groups excluding carboxylic acids is 1. The average Bonchev–Trinajstić information content (AvgIpc) is 2.54. The van der Waals surface area contributed by atoms with Crippen molar-refractivity contribution in [1.29, 1.82) is 0 Å². The quantitative estimate of drug-likeness (QED) is 0.576. The van der Waals surface area contributed by atoms with Crippen molar-refractivity contribution in [2.75, 3.05) is 23.4 Å². The summed E-state index contributed by atoms with van der Waals surface area (Å²) in [6, 6.07) is 12.7. The second kappa shape index (κ2) is 7.75. The molecule has 0 bridgehead atoms. The van der Waals surface area contributed by atoms with Crippen LogP contribution in [0.3, 0.4) is 0 Å². The normalized spacial score (nSPS) is 10.9. The minimum Gasteiger partial charge on any atom is -0.384 e. The van der Waals surface area contributed by atoms with Crippen LogP contribution < -0.4 is 10.6 Å². The monoisotopic (exact) mass is 363 g/mol. The van der Waals surface area contributed by atoms with Crippen LogP contribution in [0, 0.1) is 10.1 Å². The Labute approximate surface area is 144 Å². The summed E-state index contributed by atoms with van der Waals surface area (Å²) in [5, 5.41) is 16.5. The summed E-state index contributed by atoms with van der Waals surface area (Å²) < 4.78 is 23.4. The molecule has 0 saturated heterocycles. The summed E-state index contributed by atoms with van der Waals surface area (Å²) in [4.78, 5) is 21.7. The lowest BCUT2D eigenvalue weighted by atomic mass is 10.2. The molecule has 0 heterocycles. The van der Waals surface area contributed by atoms with E-state index in [4.69, 9.17) is 0 Å². The maximum Gasteiger partial charge on any atom is 0.288 e. The van der Waals surface area contributed by atoms with Crippen LogP contribution in [0.1, 0.15) is 6.42 Å². The number of nitro benzene ring substituents is 1. The van der Waals surface area contributed by atoms with E-state index in [0.717, 1.165) is 12.3 Å². The van der Waals surface area contributed by atoms with Gasteiger partial charge in [-0.25, -0.2) is 8.42 Å². The first kappa shape index (κ1) is 18.4. The van der Waals surface area contributed by atoms with Gasteiger partial charge >= 0.3 is 0 Å². The number of rotatable bonds is 7. The maximum atomic E-state index is 11.8. The van der Waals surface area contributed by atoms with Gasteiger partial charge in [0.15, 0.2) is 9.84 Å². The Morgan fingerprint density at radius 1 is 1.12 bits per heavy atom. The molecule has 0 saturated carbocycles. The topological polar surface area (TPSA) is 118 Å². The van der Waals surface area contributed by atoms with E-state index in [1.54, 1.807) is 24.3 Å². The predicted molar refractivity (Wildman–Crippen MR) is 94.4 cm³/mol. The number of hydrogen-bond donors (Lipinski definition) is 2. The molecule has 0 radical (unpaired) electrons. The number of hydrogen-bond acceptors (Lipinski definition) is 6. The van der Waals surface area contributed by atoms with E-state index >= 15 is 0 Å². The second-order valence-electron chi connectivity index (χ2n) is 5.30. The highest BCUT2D eigenvalue weighted by Gasteiger charge is 2.22. The van der Waals surface area contributed by atoms with Crippen LogP contribution in [0.15, 0.2) is 53.4 Å². The number of nitro groups is 1. The van der Waals surface area contributed by atoms with E-state index in [0.29, 0.717) is 11.4 Å². The van der Waals surface area contributed by atoms with Crippen LogP contribution in [0.4, 0.5) is 17.1 Å². The van der Waals surface area contributed by atoms with Crippen molar-refractivity contribution in [2.24, 2.45) is 0 Å². The molecule has 0 spiro atoms. The molecule has 2 N–H and O–H groups in total. The molecule has 2 aromatic carbocycles. The van der Waals surface area contributed by atoms with Gasteiger partial charge in [0.2, 0.25) is 5.91 Å². The number of amides is 1. The molecule has 0 aliphatic rings. The SMILES string of the molecule is CS(=O)(=O)c1cc(NCCC(=O)Nc2ccccc2)ccc1[N+](=O)[O-]. The van der Waals surface area contributed by atoms with Gasteiger partial charge in [0.1, 0.15) is 4.90 Å². The van der Waals surface area contributed by atoms with Crippen LogP contribution in [0.5, 0.6) is 0 Å². The van der Waals surface area contributed by atoms with Crippen molar-refractivity contribution in [3.63, 3.8) is 0 Å². The molecule has 0 aliphatic heterocycles. The Bertz CT molecular complexity index is 882. The van der Waals surface area contributed by atoms with Crippen LogP contribution in [0.25, 0.3) is 0 Å². The zero-order valence-electron chi connectivity index (χ0n) is 13.4. The molecule has 132 valence electrons. The fourth-order valence-electron chi connectivity index (χ4n) is 2.14. The molecule has 1 amide bonds. The van der Waals surface area contributed by atoms with E-state index in [-0.39, 0.29) is 23.8 Å². The van der Waals surface area contributed by atoms with Gasteiger partial charge in [-0.3, -0.25) is 14.9 Å². The van der Waals surface area contributed by atoms with E-state index in [1.807, 2.05) is 6.07 Å². The van der Waals surface area contributed by atoms with Gasteiger partial charge in [-0.15, -0.1) is 0 Å². The molecule has 0 atom stereocenters. The highest BCUT2D eigenvalue weighted by molar-refractivity contribution is 7.90. The van der Waals surface area contributed by atoms with Crippen LogP contribution in [0.2, 0.25) is 0 Å². The van der Waals surface area contributed by atoms with E-state index < -0.39 is 20.4 Å². The van der Waals surface area contributed by atoms with Gasteiger partial charge in [0.25, 0.3) is 5.69 Å². The molecular formula is C16H17N3O5S. The Hall–Kier alpha value is -2.94. The Kier molecular flexibility index (Phi) is 5.71. The summed E-state index contributed by atoms with van der Waals surface area (Å²) in [5.74, 6) is -0.205. The molecule has 0 unspecified atom stereocenters. The van der Waals surface area contributed by atoms with Crippen molar-refractivity contribution in [2.45, 2.75) is 11.3 Å². The van der Waals surface area contributed by atoms with Gasteiger partial charge in [-0.2, -0.15) is 0 Å². The van der Waals surface area contributed by atoms with Gasteiger partial charge in [-0.05, 0) is 24.3 Å². The molecule has 2 rings (SSSR count). The molecule has 0 fully saturated rings. The number of anilines is 2. The number of nitrogens with one attached hydrogen (secondary N) is 2. The largest absolute Gasteiger partial charge is 0.384 e. The van der Waals surface area contributed by atoms with Crippen molar-refractivity contribution in [3.8, 4) is 0 Å². The number of benzene rings is 2. The summed E-state index contributed by atoms with van der Waals surface area (Å²) in [7, 11) is -3.74. The lowest BCUT2D eigenvalue weighted by Crippen LogP contribution is -2.16. The van der Waals surface area contributed by atoms with E-state index in [9.17, 15) is 23.3 Å². The van der Waals surface area contributed by atoms with Gasteiger partial charge < -0.3 is 10.6 Å². The lowest BCUT2D eigenvalue weighted by Gasteiger charge is -2.09. The highest BCUT2D eigenvalue weighted by Crippen LogP contribution is 2.26. The van der Waals surface area contributed by atoms with Gasteiger partial charge in [0, 0.05) is 36.7 Å². The van der Waals surface area contributed by atoms with Gasteiger partial charge in [0.05, 0.1) is 4.92 Å². The number of para-hydroxylation sites is 1. The zero-order valence-corrected chi connectivity index (χ0v) is 14.2. The summed E-state index contributed by atoms with van der Waals surface area (Å²) in [5.41, 5.74) is 0.593. The molecular weight excluding hydrogens is 346 g/mol. The fraction of sp³-hybridized carbons (Fsp3) is 0.188.